The number of carbonyl (C=O) groups is 1. The molecule has 4 heteroatoms. The van der Waals surface area contributed by atoms with Gasteiger partial charge in [-0.25, -0.2) is 0 Å². The Bertz CT molecular complexity index is 424. The summed E-state index contributed by atoms with van der Waals surface area (Å²) in [6.45, 7) is 6.95. The molecule has 0 aromatic heterocycles. The van der Waals surface area contributed by atoms with Gasteiger partial charge in [0.2, 0.25) is 0 Å². The zero-order valence-electron chi connectivity index (χ0n) is 12.1. The fraction of sp³-hybridized carbons (Fsp3) is 0.533. The molecule has 0 saturated carbocycles. The summed E-state index contributed by atoms with van der Waals surface area (Å²) in [4.78, 5) is 14.1. The van der Waals surface area contributed by atoms with E-state index in [1.807, 2.05) is 17.9 Å². The van der Waals surface area contributed by atoms with Crippen molar-refractivity contribution in [1.82, 2.24) is 4.90 Å². The Morgan fingerprint density at radius 3 is 2.63 bits per heavy atom. The first-order valence-electron chi connectivity index (χ1n) is 6.47. The largest absolute Gasteiger partial charge is 0.497 e. The van der Waals surface area contributed by atoms with E-state index in [4.69, 9.17) is 4.74 Å². The van der Waals surface area contributed by atoms with E-state index in [1.54, 1.807) is 39.2 Å². The van der Waals surface area contributed by atoms with Gasteiger partial charge in [0.25, 0.3) is 0 Å². The van der Waals surface area contributed by atoms with Crippen LogP contribution < -0.4 is 4.74 Å². The Labute approximate surface area is 115 Å². The number of ether oxygens (including phenoxy) is 1. The fourth-order valence-electron chi connectivity index (χ4n) is 1.92. The van der Waals surface area contributed by atoms with Crippen molar-refractivity contribution in [2.45, 2.75) is 26.4 Å². The first-order valence-corrected chi connectivity index (χ1v) is 6.47. The van der Waals surface area contributed by atoms with Crippen LogP contribution in [-0.2, 0) is 0 Å². The van der Waals surface area contributed by atoms with Crippen molar-refractivity contribution < 1.29 is 14.6 Å². The highest BCUT2D eigenvalue weighted by Gasteiger charge is 2.19. The quantitative estimate of drug-likeness (QED) is 0.766. The molecule has 19 heavy (non-hydrogen) atoms. The van der Waals surface area contributed by atoms with Crippen LogP contribution in [0.1, 0.15) is 31.1 Å². The fourth-order valence-corrected chi connectivity index (χ4v) is 1.92. The van der Waals surface area contributed by atoms with E-state index >= 15 is 0 Å². The second-order valence-electron chi connectivity index (χ2n) is 5.27. The van der Waals surface area contributed by atoms with Crippen LogP contribution in [0.15, 0.2) is 24.3 Å². The van der Waals surface area contributed by atoms with E-state index in [1.165, 1.54) is 0 Å². The third kappa shape index (κ3) is 5.41. The number of likely N-dealkylation sites (N-methyl/N-ethyl adjacent to an activating group) is 1. The molecule has 4 nitrogen and oxygen atoms in total. The van der Waals surface area contributed by atoms with Crippen LogP contribution in [-0.4, -0.2) is 48.1 Å². The van der Waals surface area contributed by atoms with Crippen molar-refractivity contribution in [3.63, 3.8) is 0 Å². The third-order valence-electron chi connectivity index (χ3n) is 2.82. The maximum atomic E-state index is 12.2. The highest BCUT2D eigenvalue weighted by atomic mass is 16.5. The summed E-state index contributed by atoms with van der Waals surface area (Å²) in [5.74, 6) is 0.710. The van der Waals surface area contributed by atoms with Crippen molar-refractivity contribution in [1.29, 1.82) is 0 Å². The molecular weight excluding hydrogens is 242 g/mol. The topological polar surface area (TPSA) is 49.8 Å². The van der Waals surface area contributed by atoms with Crippen LogP contribution in [0, 0.1) is 0 Å². The van der Waals surface area contributed by atoms with Crippen LogP contribution in [0.3, 0.4) is 0 Å². The first kappa shape index (κ1) is 15.7. The van der Waals surface area contributed by atoms with E-state index in [-0.39, 0.29) is 5.78 Å². The zero-order chi connectivity index (χ0) is 14.5. The smallest absolute Gasteiger partial charge is 0.176 e. The predicted molar refractivity (Wildman–Crippen MR) is 75.7 cm³/mol. The predicted octanol–water partition coefficient (Wildman–Crippen LogP) is 1.97. The number of nitrogens with zero attached hydrogens (tertiary/aromatic N) is 1. The zero-order valence-corrected chi connectivity index (χ0v) is 12.1. The van der Waals surface area contributed by atoms with Gasteiger partial charge in [0.15, 0.2) is 5.78 Å². The molecule has 0 radical (unpaired) electrons. The minimum atomic E-state index is -0.801. The molecule has 1 aromatic rings. The standard InChI is InChI=1S/C15H23NO3/c1-5-16(11-15(2,3)18)10-14(17)12-7-6-8-13(9-12)19-4/h6-9,18H,5,10-11H2,1-4H3. The van der Waals surface area contributed by atoms with Gasteiger partial charge in [-0.2, -0.15) is 0 Å². The highest BCUT2D eigenvalue weighted by molar-refractivity contribution is 5.97. The van der Waals surface area contributed by atoms with Gasteiger partial charge in [0.05, 0.1) is 19.3 Å². The molecule has 0 spiro atoms. The second-order valence-corrected chi connectivity index (χ2v) is 5.27. The number of hydrogen-bond acceptors (Lipinski definition) is 4. The summed E-state index contributed by atoms with van der Waals surface area (Å²) >= 11 is 0. The van der Waals surface area contributed by atoms with Crippen LogP contribution in [0.4, 0.5) is 0 Å². The summed E-state index contributed by atoms with van der Waals surface area (Å²) in [5, 5.41) is 9.81. The number of hydrogen-bond donors (Lipinski definition) is 1. The summed E-state index contributed by atoms with van der Waals surface area (Å²) in [7, 11) is 1.58. The average molecular weight is 265 g/mol. The number of ketones is 1. The average Bonchev–Trinajstić information content (AvgIpc) is 2.36. The molecule has 0 aliphatic heterocycles. The number of aliphatic hydroxyl groups is 1. The minimum Gasteiger partial charge on any atom is -0.497 e. The lowest BCUT2D eigenvalue weighted by atomic mass is 10.1. The number of rotatable bonds is 7. The number of benzene rings is 1. The lowest BCUT2D eigenvalue weighted by molar-refractivity contribution is 0.0376. The van der Waals surface area contributed by atoms with Gasteiger partial charge < -0.3 is 9.84 Å². The third-order valence-corrected chi connectivity index (χ3v) is 2.82. The molecule has 0 saturated heterocycles. The lowest BCUT2D eigenvalue weighted by Gasteiger charge is -2.27. The van der Waals surface area contributed by atoms with Crippen LogP contribution >= 0.6 is 0 Å². The maximum Gasteiger partial charge on any atom is 0.176 e. The summed E-state index contributed by atoms with van der Waals surface area (Å²) in [6, 6.07) is 7.13. The molecule has 0 heterocycles. The number of methoxy groups -OCH3 is 1. The lowest BCUT2D eigenvalue weighted by Crippen LogP contribution is -2.41. The molecule has 0 unspecified atom stereocenters. The molecule has 1 N–H and O–H groups in total. The molecule has 0 atom stereocenters. The van der Waals surface area contributed by atoms with Crippen molar-refractivity contribution in [3.05, 3.63) is 29.8 Å². The van der Waals surface area contributed by atoms with Gasteiger partial charge in [0, 0.05) is 12.1 Å². The van der Waals surface area contributed by atoms with E-state index in [9.17, 15) is 9.90 Å². The molecule has 106 valence electrons. The van der Waals surface area contributed by atoms with Crippen LogP contribution in [0.5, 0.6) is 5.75 Å². The summed E-state index contributed by atoms with van der Waals surface area (Å²) in [6.07, 6.45) is 0. The van der Waals surface area contributed by atoms with Gasteiger partial charge in [0.1, 0.15) is 5.75 Å². The van der Waals surface area contributed by atoms with Crippen molar-refractivity contribution in [3.8, 4) is 5.75 Å². The molecular formula is C15H23NO3. The first-order chi connectivity index (χ1) is 8.85. The molecule has 0 aliphatic rings. The van der Waals surface area contributed by atoms with Crippen LogP contribution in [0.2, 0.25) is 0 Å². The van der Waals surface area contributed by atoms with Gasteiger partial charge in [-0.05, 0) is 32.5 Å². The van der Waals surface area contributed by atoms with Gasteiger partial charge in [-0.1, -0.05) is 19.1 Å². The maximum absolute atomic E-state index is 12.2. The molecule has 0 fully saturated rings. The highest BCUT2D eigenvalue weighted by Crippen LogP contribution is 2.14. The Balaban J connectivity index is 2.71. The molecule has 0 amide bonds. The normalized spacial score (nSPS) is 11.7. The number of Topliss-reactive ketones (excluding diaryl/α,β-unsaturated/α-hetero) is 1. The van der Waals surface area contributed by atoms with Gasteiger partial charge in [-0.3, -0.25) is 9.69 Å². The Hall–Kier alpha value is -1.39. The van der Waals surface area contributed by atoms with E-state index in [2.05, 4.69) is 0 Å². The summed E-state index contributed by atoms with van der Waals surface area (Å²) in [5.41, 5.74) is -0.168. The SMILES string of the molecule is CCN(CC(=O)c1cccc(OC)c1)CC(C)(C)O. The Morgan fingerprint density at radius 1 is 1.42 bits per heavy atom. The molecule has 0 aliphatic carbocycles. The monoisotopic (exact) mass is 265 g/mol. The van der Waals surface area contributed by atoms with Gasteiger partial charge >= 0.3 is 0 Å². The van der Waals surface area contributed by atoms with E-state index < -0.39 is 5.60 Å². The minimum absolute atomic E-state index is 0.0324. The Morgan fingerprint density at radius 2 is 2.11 bits per heavy atom. The van der Waals surface area contributed by atoms with Crippen LogP contribution in [0.25, 0.3) is 0 Å². The van der Waals surface area contributed by atoms with E-state index in [0.29, 0.717) is 24.4 Å². The number of carbonyl (C=O) groups excluding carboxylic acids is 1. The molecule has 1 rings (SSSR count). The second kappa shape index (κ2) is 6.68. The van der Waals surface area contributed by atoms with Gasteiger partial charge in [-0.15, -0.1) is 0 Å². The van der Waals surface area contributed by atoms with Crippen molar-refractivity contribution in [2.24, 2.45) is 0 Å². The summed E-state index contributed by atoms with van der Waals surface area (Å²) < 4.78 is 5.11. The Kier molecular flexibility index (Phi) is 5.51. The van der Waals surface area contributed by atoms with Crippen molar-refractivity contribution >= 4 is 5.78 Å². The molecule has 0 bridgehead atoms. The van der Waals surface area contributed by atoms with E-state index in [0.717, 1.165) is 6.54 Å². The van der Waals surface area contributed by atoms with Crippen molar-refractivity contribution in [2.75, 3.05) is 26.7 Å². The molecule has 1 aromatic carbocycles.